The van der Waals surface area contributed by atoms with Crippen molar-refractivity contribution in [1.29, 1.82) is 0 Å². The standard InChI is InChI=1S/C13H12ClNO2S/c14-10-3-6-13(12(15)7-10)18(17)8-9-1-4-11(16)5-2-9/h1-7,16H,8,15H2. The molecule has 0 spiro atoms. The highest BCUT2D eigenvalue weighted by atomic mass is 35.5. The van der Waals surface area contributed by atoms with Crippen molar-refractivity contribution in [2.45, 2.75) is 10.6 Å². The van der Waals surface area contributed by atoms with Crippen LogP contribution in [0.1, 0.15) is 5.56 Å². The molecule has 0 saturated heterocycles. The fourth-order valence-electron chi connectivity index (χ4n) is 1.55. The number of nitrogen functional groups attached to an aromatic ring is 1. The highest BCUT2D eigenvalue weighted by Crippen LogP contribution is 2.23. The zero-order chi connectivity index (χ0) is 13.1. The van der Waals surface area contributed by atoms with Crippen LogP contribution in [0.2, 0.25) is 5.02 Å². The molecule has 3 N–H and O–H groups in total. The van der Waals surface area contributed by atoms with Crippen LogP contribution in [-0.2, 0) is 16.6 Å². The summed E-state index contributed by atoms with van der Waals surface area (Å²) in [5, 5.41) is 9.70. The van der Waals surface area contributed by atoms with Crippen molar-refractivity contribution in [1.82, 2.24) is 0 Å². The van der Waals surface area contributed by atoms with E-state index < -0.39 is 10.8 Å². The first-order valence-electron chi connectivity index (χ1n) is 5.27. The lowest BCUT2D eigenvalue weighted by atomic mass is 10.2. The molecule has 2 aromatic rings. The van der Waals surface area contributed by atoms with Gasteiger partial charge in [0.25, 0.3) is 0 Å². The molecule has 2 aromatic carbocycles. The summed E-state index contributed by atoms with van der Waals surface area (Å²) in [5.41, 5.74) is 7.09. The monoisotopic (exact) mass is 281 g/mol. The van der Waals surface area contributed by atoms with Crippen LogP contribution in [0.5, 0.6) is 5.75 Å². The summed E-state index contributed by atoms with van der Waals surface area (Å²) in [4.78, 5) is 0.576. The van der Waals surface area contributed by atoms with Gasteiger partial charge in [-0.2, -0.15) is 0 Å². The molecule has 94 valence electrons. The average Bonchev–Trinajstić information content (AvgIpc) is 2.32. The van der Waals surface area contributed by atoms with E-state index >= 15 is 0 Å². The van der Waals surface area contributed by atoms with E-state index in [9.17, 15) is 9.32 Å². The number of benzene rings is 2. The van der Waals surface area contributed by atoms with Crippen LogP contribution in [-0.4, -0.2) is 9.32 Å². The maximum Gasteiger partial charge on any atom is 0.115 e. The molecule has 0 aliphatic rings. The number of phenols is 1. The lowest BCUT2D eigenvalue weighted by molar-refractivity contribution is 0.475. The Balaban J connectivity index is 2.19. The van der Waals surface area contributed by atoms with Gasteiger partial charge in [-0.1, -0.05) is 23.7 Å². The molecule has 0 aromatic heterocycles. The average molecular weight is 282 g/mol. The molecule has 0 amide bonds. The second-order valence-electron chi connectivity index (χ2n) is 3.84. The van der Waals surface area contributed by atoms with E-state index in [0.717, 1.165) is 5.56 Å². The van der Waals surface area contributed by atoms with Gasteiger partial charge in [-0.05, 0) is 35.9 Å². The second kappa shape index (κ2) is 5.42. The van der Waals surface area contributed by atoms with Gasteiger partial charge in [-0.25, -0.2) is 0 Å². The Morgan fingerprint density at radius 2 is 1.83 bits per heavy atom. The number of halogens is 1. The first-order valence-corrected chi connectivity index (χ1v) is 6.97. The summed E-state index contributed by atoms with van der Waals surface area (Å²) in [6.45, 7) is 0. The molecule has 0 aliphatic heterocycles. The van der Waals surface area contributed by atoms with Crippen molar-refractivity contribution in [3.8, 4) is 5.75 Å². The summed E-state index contributed by atoms with van der Waals surface area (Å²) in [6.07, 6.45) is 0. The van der Waals surface area contributed by atoms with E-state index in [0.29, 0.717) is 21.4 Å². The Kier molecular flexibility index (Phi) is 3.89. The van der Waals surface area contributed by atoms with E-state index in [1.54, 1.807) is 42.5 Å². The Morgan fingerprint density at radius 3 is 2.44 bits per heavy atom. The fraction of sp³-hybridized carbons (Fsp3) is 0.0769. The minimum absolute atomic E-state index is 0.190. The summed E-state index contributed by atoms with van der Waals surface area (Å²) < 4.78 is 12.2. The van der Waals surface area contributed by atoms with E-state index in [2.05, 4.69) is 0 Å². The van der Waals surface area contributed by atoms with Crippen molar-refractivity contribution >= 4 is 28.1 Å². The molecule has 0 bridgehead atoms. The summed E-state index contributed by atoms with van der Waals surface area (Å²) in [6, 6.07) is 11.5. The number of anilines is 1. The SMILES string of the molecule is Nc1cc(Cl)ccc1S(=O)Cc1ccc(O)cc1. The van der Waals surface area contributed by atoms with E-state index in [-0.39, 0.29) is 5.75 Å². The predicted octanol–water partition coefficient (Wildman–Crippen LogP) is 2.94. The molecule has 0 heterocycles. The van der Waals surface area contributed by atoms with Gasteiger partial charge in [0.1, 0.15) is 5.75 Å². The lowest BCUT2D eigenvalue weighted by Crippen LogP contribution is -2.00. The van der Waals surface area contributed by atoms with Crippen molar-refractivity contribution in [3.05, 3.63) is 53.1 Å². The third-order valence-electron chi connectivity index (χ3n) is 2.45. The fourth-order valence-corrected chi connectivity index (χ4v) is 2.92. The van der Waals surface area contributed by atoms with Crippen LogP contribution in [0.25, 0.3) is 0 Å². The Morgan fingerprint density at radius 1 is 1.17 bits per heavy atom. The van der Waals surface area contributed by atoms with E-state index in [1.807, 2.05) is 0 Å². The first-order chi connectivity index (χ1) is 8.56. The van der Waals surface area contributed by atoms with Gasteiger partial charge < -0.3 is 10.8 Å². The van der Waals surface area contributed by atoms with E-state index in [1.165, 1.54) is 0 Å². The Labute approximate surface area is 113 Å². The third kappa shape index (κ3) is 3.03. The zero-order valence-corrected chi connectivity index (χ0v) is 11.0. The molecule has 2 rings (SSSR count). The number of phenolic OH excluding ortho intramolecular Hbond substituents is 1. The van der Waals surface area contributed by atoms with Gasteiger partial charge in [0.05, 0.1) is 21.4 Å². The van der Waals surface area contributed by atoms with Gasteiger partial charge in [0.2, 0.25) is 0 Å². The van der Waals surface area contributed by atoms with Crippen LogP contribution in [0, 0.1) is 0 Å². The molecule has 0 radical (unpaired) electrons. The number of aromatic hydroxyl groups is 1. The molecule has 1 atom stereocenters. The molecule has 0 saturated carbocycles. The largest absolute Gasteiger partial charge is 0.508 e. The van der Waals surface area contributed by atoms with Crippen molar-refractivity contribution in [3.63, 3.8) is 0 Å². The third-order valence-corrected chi connectivity index (χ3v) is 4.14. The topological polar surface area (TPSA) is 63.3 Å². The van der Waals surface area contributed by atoms with Crippen LogP contribution in [0.15, 0.2) is 47.4 Å². The van der Waals surface area contributed by atoms with Gasteiger partial charge in [-0.3, -0.25) is 4.21 Å². The molecule has 0 aliphatic carbocycles. The quantitative estimate of drug-likeness (QED) is 0.850. The van der Waals surface area contributed by atoms with Crippen molar-refractivity contribution in [2.75, 3.05) is 5.73 Å². The van der Waals surface area contributed by atoms with Crippen LogP contribution in [0.3, 0.4) is 0 Å². The number of hydrogen-bond donors (Lipinski definition) is 2. The van der Waals surface area contributed by atoms with Gasteiger partial charge in [-0.15, -0.1) is 0 Å². The van der Waals surface area contributed by atoms with Crippen LogP contribution < -0.4 is 5.73 Å². The van der Waals surface area contributed by atoms with Gasteiger partial charge in [0.15, 0.2) is 0 Å². The highest BCUT2D eigenvalue weighted by Gasteiger charge is 2.09. The molecule has 18 heavy (non-hydrogen) atoms. The number of nitrogens with two attached hydrogens (primary N) is 1. The summed E-state index contributed by atoms with van der Waals surface area (Å²) in [7, 11) is -1.23. The smallest absolute Gasteiger partial charge is 0.115 e. The van der Waals surface area contributed by atoms with E-state index in [4.69, 9.17) is 17.3 Å². The van der Waals surface area contributed by atoms with Crippen LogP contribution >= 0.6 is 11.6 Å². The molecular weight excluding hydrogens is 270 g/mol. The number of hydrogen-bond acceptors (Lipinski definition) is 3. The predicted molar refractivity (Wildman–Crippen MR) is 74.1 cm³/mol. The molecule has 3 nitrogen and oxygen atoms in total. The Hall–Kier alpha value is -1.52. The molecule has 1 unspecified atom stereocenters. The highest BCUT2D eigenvalue weighted by molar-refractivity contribution is 7.84. The van der Waals surface area contributed by atoms with Gasteiger partial charge in [0, 0.05) is 10.7 Å². The zero-order valence-electron chi connectivity index (χ0n) is 9.47. The molecule has 5 heteroatoms. The summed E-state index contributed by atoms with van der Waals surface area (Å²) >= 11 is 5.79. The minimum Gasteiger partial charge on any atom is -0.508 e. The normalized spacial score (nSPS) is 12.3. The Bertz CT molecular complexity index is 584. The maximum absolute atomic E-state index is 12.2. The van der Waals surface area contributed by atoms with Crippen LogP contribution in [0.4, 0.5) is 5.69 Å². The minimum atomic E-state index is -1.23. The van der Waals surface area contributed by atoms with Crippen molar-refractivity contribution in [2.24, 2.45) is 0 Å². The first kappa shape index (κ1) is 12.9. The lowest BCUT2D eigenvalue weighted by Gasteiger charge is -2.06. The summed E-state index contributed by atoms with van der Waals surface area (Å²) in [5.74, 6) is 0.544. The number of rotatable bonds is 3. The van der Waals surface area contributed by atoms with Crippen molar-refractivity contribution < 1.29 is 9.32 Å². The van der Waals surface area contributed by atoms with Gasteiger partial charge >= 0.3 is 0 Å². The maximum atomic E-state index is 12.2. The second-order valence-corrected chi connectivity index (χ2v) is 5.69. The molecular formula is C13H12ClNO2S. The molecule has 0 fully saturated rings.